The van der Waals surface area contributed by atoms with E-state index < -0.39 is 0 Å². The third-order valence-electron chi connectivity index (χ3n) is 4.01. The van der Waals surface area contributed by atoms with E-state index in [0.717, 1.165) is 34.7 Å². The first-order valence-corrected chi connectivity index (χ1v) is 7.87. The number of esters is 1. The van der Waals surface area contributed by atoms with Crippen molar-refractivity contribution in [2.45, 2.75) is 32.1 Å². The smallest absolute Gasteiger partial charge is 0.336 e. The van der Waals surface area contributed by atoms with Crippen LogP contribution >= 0.6 is 11.3 Å². The number of methoxy groups -OCH3 is 1. The Morgan fingerprint density at radius 2 is 2.24 bits per heavy atom. The van der Waals surface area contributed by atoms with Crippen LogP contribution in [-0.2, 0) is 14.3 Å². The van der Waals surface area contributed by atoms with E-state index in [2.05, 4.69) is 5.32 Å². The molecule has 1 atom stereocenters. The Morgan fingerprint density at radius 1 is 1.43 bits per heavy atom. The van der Waals surface area contributed by atoms with Crippen molar-refractivity contribution in [3.8, 4) is 0 Å². The van der Waals surface area contributed by atoms with Crippen molar-refractivity contribution >= 4 is 23.1 Å². The number of dihydropyridines is 1. The SMILES string of the molecule is COC(=O)C1=C(C)NC2=C(C(=O)CCC2)C1c1cccs1. The molecule has 1 N–H and O–H groups in total. The van der Waals surface area contributed by atoms with Crippen molar-refractivity contribution in [2.75, 3.05) is 7.11 Å². The van der Waals surface area contributed by atoms with E-state index in [1.807, 2.05) is 24.4 Å². The number of rotatable bonds is 2. The van der Waals surface area contributed by atoms with Crippen LogP contribution in [0, 0.1) is 0 Å². The molecule has 1 aliphatic carbocycles. The van der Waals surface area contributed by atoms with E-state index in [1.54, 1.807) is 11.3 Å². The predicted octanol–water partition coefficient (Wildman–Crippen LogP) is 2.89. The van der Waals surface area contributed by atoms with Crippen molar-refractivity contribution in [3.63, 3.8) is 0 Å². The third kappa shape index (κ3) is 2.31. The molecule has 0 saturated carbocycles. The Hall–Kier alpha value is -1.88. The number of carbonyl (C=O) groups is 2. The monoisotopic (exact) mass is 303 g/mol. The maximum Gasteiger partial charge on any atom is 0.336 e. The number of allylic oxidation sites excluding steroid dienone is 3. The molecule has 1 aromatic heterocycles. The van der Waals surface area contributed by atoms with Crippen molar-refractivity contribution in [3.05, 3.63) is 44.9 Å². The Bertz CT molecular complexity index is 655. The third-order valence-corrected chi connectivity index (χ3v) is 4.95. The Balaban J connectivity index is 2.17. The van der Waals surface area contributed by atoms with E-state index in [9.17, 15) is 9.59 Å². The van der Waals surface area contributed by atoms with E-state index in [-0.39, 0.29) is 17.7 Å². The molecule has 0 bridgehead atoms. The topological polar surface area (TPSA) is 55.4 Å². The Morgan fingerprint density at radius 3 is 2.90 bits per heavy atom. The number of nitrogens with one attached hydrogen (secondary N) is 1. The Labute approximate surface area is 127 Å². The van der Waals surface area contributed by atoms with Crippen LogP contribution in [0.15, 0.2) is 40.1 Å². The van der Waals surface area contributed by atoms with Crippen LogP contribution in [0.3, 0.4) is 0 Å². The lowest BCUT2D eigenvalue weighted by molar-refractivity contribution is -0.136. The lowest BCUT2D eigenvalue weighted by atomic mass is 9.78. The fourth-order valence-electron chi connectivity index (χ4n) is 3.10. The molecule has 5 heteroatoms. The van der Waals surface area contributed by atoms with Gasteiger partial charge in [-0.1, -0.05) is 6.07 Å². The van der Waals surface area contributed by atoms with Crippen LogP contribution in [0.25, 0.3) is 0 Å². The van der Waals surface area contributed by atoms with Gasteiger partial charge < -0.3 is 10.1 Å². The summed E-state index contributed by atoms with van der Waals surface area (Å²) in [4.78, 5) is 25.7. The first-order valence-electron chi connectivity index (χ1n) is 6.99. The minimum Gasteiger partial charge on any atom is -0.466 e. The lowest BCUT2D eigenvalue weighted by Crippen LogP contribution is -2.33. The van der Waals surface area contributed by atoms with Crippen LogP contribution in [0.5, 0.6) is 0 Å². The van der Waals surface area contributed by atoms with E-state index in [0.29, 0.717) is 12.0 Å². The number of hydrogen-bond donors (Lipinski definition) is 1. The number of carbonyl (C=O) groups excluding carboxylic acids is 2. The van der Waals surface area contributed by atoms with Gasteiger partial charge in [-0.15, -0.1) is 11.3 Å². The summed E-state index contributed by atoms with van der Waals surface area (Å²) in [6, 6.07) is 3.92. The summed E-state index contributed by atoms with van der Waals surface area (Å²) in [7, 11) is 1.38. The van der Waals surface area contributed by atoms with Gasteiger partial charge in [0.05, 0.1) is 18.6 Å². The number of hydrogen-bond acceptors (Lipinski definition) is 5. The molecule has 0 saturated heterocycles. The lowest BCUT2D eigenvalue weighted by Gasteiger charge is -2.33. The summed E-state index contributed by atoms with van der Waals surface area (Å²) in [6.45, 7) is 1.87. The summed E-state index contributed by atoms with van der Waals surface area (Å²) in [6.07, 6.45) is 2.27. The molecule has 2 aliphatic rings. The zero-order chi connectivity index (χ0) is 15.0. The van der Waals surface area contributed by atoms with Gasteiger partial charge in [0.15, 0.2) is 5.78 Å². The number of Topliss-reactive ketones (excluding diaryl/α,β-unsaturated/α-hetero) is 1. The summed E-state index contributed by atoms with van der Waals surface area (Å²) in [5.41, 5.74) is 3.05. The molecule has 0 amide bonds. The molecule has 1 aliphatic heterocycles. The first kappa shape index (κ1) is 14.1. The number of thiophene rings is 1. The average molecular weight is 303 g/mol. The molecular formula is C16H17NO3S. The van der Waals surface area contributed by atoms with E-state index in [4.69, 9.17) is 4.74 Å². The fourth-order valence-corrected chi connectivity index (χ4v) is 3.95. The van der Waals surface area contributed by atoms with Gasteiger partial charge in [0, 0.05) is 28.3 Å². The van der Waals surface area contributed by atoms with Gasteiger partial charge in [-0.2, -0.15) is 0 Å². The highest BCUT2D eigenvalue weighted by atomic mass is 32.1. The highest BCUT2D eigenvalue weighted by Crippen LogP contribution is 2.43. The minimum atomic E-state index is -0.372. The normalized spacial score (nSPS) is 22.0. The summed E-state index contributed by atoms with van der Waals surface area (Å²) in [5, 5.41) is 5.22. The summed E-state index contributed by atoms with van der Waals surface area (Å²) < 4.78 is 4.94. The number of ketones is 1. The molecule has 110 valence electrons. The molecule has 0 radical (unpaired) electrons. The van der Waals surface area contributed by atoms with Gasteiger partial charge in [0.25, 0.3) is 0 Å². The van der Waals surface area contributed by atoms with Crippen LogP contribution in [0.2, 0.25) is 0 Å². The average Bonchev–Trinajstić information content (AvgIpc) is 2.99. The molecular weight excluding hydrogens is 286 g/mol. The zero-order valence-corrected chi connectivity index (χ0v) is 12.9. The predicted molar refractivity (Wildman–Crippen MR) is 80.8 cm³/mol. The molecule has 0 aromatic carbocycles. The van der Waals surface area contributed by atoms with Crippen molar-refractivity contribution in [2.24, 2.45) is 0 Å². The maximum atomic E-state index is 12.4. The zero-order valence-electron chi connectivity index (χ0n) is 12.1. The Kier molecular flexibility index (Phi) is 3.68. The number of ether oxygens (including phenoxy) is 1. The van der Waals surface area contributed by atoms with E-state index in [1.165, 1.54) is 7.11 Å². The molecule has 21 heavy (non-hydrogen) atoms. The van der Waals surface area contributed by atoms with Gasteiger partial charge in [-0.3, -0.25) is 4.79 Å². The second-order valence-electron chi connectivity index (χ2n) is 5.27. The van der Waals surface area contributed by atoms with Crippen LogP contribution in [0.1, 0.15) is 37.0 Å². The standard InChI is InChI=1S/C16H17NO3S/c1-9-13(16(19)20-2)15(12-7-4-8-21-12)14-10(17-9)5-3-6-11(14)18/h4,7-8,15,17H,3,5-6H2,1-2H3. The van der Waals surface area contributed by atoms with Gasteiger partial charge in [0.1, 0.15) is 0 Å². The van der Waals surface area contributed by atoms with Gasteiger partial charge in [-0.05, 0) is 31.2 Å². The molecule has 2 heterocycles. The summed E-state index contributed by atoms with van der Waals surface area (Å²) >= 11 is 1.56. The maximum absolute atomic E-state index is 12.4. The van der Waals surface area contributed by atoms with Gasteiger partial charge in [0.2, 0.25) is 0 Å². The van der Waals surface area contributed by atoms with Gasteiger partial charge in [-0.25, -0.2) is 4.79 Å². The largest absolute Gasteiger partial charge is 0.466 e. The fraction of sp³-hybridized carbons (Fsp3) is 0.375. The first-order chi connectivity index (χ1) is 10.1. The highest BCUT2D eigenvalue weighted by Gasteiger charge is 2.39. The second-order valence-corrected chi connectivity index (χ2v) is 6.25. The summed E-state index contributed by atoms with van der Waals surface area (Å²) in [5.74, 6) is -0.527. The van der Waals surface area contributed by atoms with Crippen molar-refractivity contribution < 1.29 is 14.3 Å². The molecule has 0 spiro atoms. The molecule has 0 fully saturated rings. The molecule has 3 rings (SSSR count). The molecule has 4 nitrogen and oxygen atoms in total. The minimum absolute atomic E-state index is 0.135. The van der Waals surface area contributed by atoms with Crippen LogP contribution < -0.4 is 5.32 Å². The van der Waals surface area contributed by atoms with E-state index >= 15 is 0 Å². The van der Waals surface area contributed by atoms with Crippen molar-refractivity contribution in [1.29, 1.82) is 0 Å². The van der Waals surface area contributed by atoms with Crippen molar-refractivity contribution in [1.82, 2.24) is 5.32 Å². The second kappa shape index (κ2) is 5.48. The van der Waals surface area contributed by atoms with Crippen LogP contribution in [-0.4, -0.2) is 18.9 Å². The molecule has 1 aromatic rings. The molecule has 1 unspecified atom stereocenters. The highest BCUT2D eigenvalue weighted by molar-refractivity contribution is 7.10. The van der Waals surface area contributed by atoms with Gasteiger partial charge >= 0.3 is 5.97 Å². The quantitative estimate of drug-likeness (QED) is 0.854. The van der Waals surface area contributed by atoms with Crippen LogP contribution in [0.4, 0.5) is 0 Å².